The Hall–Kier alpha value is -2.04. The molecule has 4 heteroatoms. The van der Waals surface area contributed by atoms with Crippen LogP contribution in [0.3, 0.4) is 0 Å². The van der Waals surface area contributed by atoms with Gasteiger partial charge in [-0.15, -0.1) is 0 Å². The number of benzene rings is 2. The summed E-state index contributed by atoms with van der Waals surface area (Å²) in [5.74, 6) is 1.16. The number of fused-ring (bicyclic) bond motifs is 1. The van der Waals surface area contributed by atoms with Crippen molar-refractivity contribution >= 4 is 0 Å². The van der Waals surface area contributed by atoms with E-state index in [4.69, 9.17) is 4.74 Å². The molecule has 0 amide bonds. The Kier molecular flexibility index (Phi) is 5.14. The van der Waals surface area contributed by atoms with E-state index in [2.05, 4.69) is 40.1 Å². The predicted octanol–water partition coefficient (Wildman–Crippen LogP) is 3.29. The predicted molar refractivity (Wildman–Crippen MR) is 104 cm³/mol. The van der Waals surface area contributed by atoms with Crippen LogP contribution >= 0.6 is 0 Å². The number of ether oxygens (including phenoxy) is 1. The molecule has 2 aromatic rings. The lowest BCUT2D eigenvalue weighted by Gasteiger charge is -2.44. The highest BCUT2D eigenvalue weighted by molar-refractivity contribution is 5.39. The summed E-state index contributed by atoms with van der Waals surface area (Å²) in [6, 6.07) is 17.4. The lowest BCUT2D eigenvalue weighted by Crippen LogP contribution is -2.56. The number of phenolic OH excluding ortho intramolecular Hbond substituents is 1. The van der Waals surface area contributed by atoms with Crippen molar-refractivity contribution in [2.45, 2.75) is 37.9 Å². The summed E-state index contributed by atoms with van der Waals surface area (Å²) in [6.07, 6.45) is 3.65. The molecular weight excluding hydrogens is 324 g/mol. The van der Waals surface area contributed by atoms with Gasteiger partial charge in [-0.3, -0.25) is 9.80 Å². The molecule has 138 valence electrons. The van der Waals surface area contributed by atoms with Crippen LogP contribution in [0.1, 0.15) is 24.0 Å². The van der Waals surface area contributed by atoms with Crippen molar-refractivity contribution in [1.29, 1.82) is 0 Å². The highest BCUT2D eigenvalue weighted by Gasteiger charge is 2.36. The van der Waals surface area contributed by atoms with Crippen molar-refractivity contribution in [2.75, 3.05) is 26.7 Å². The van der Waals surface area contributed by atoms with E-state index in [0.717, 1.165) is 37.4 Å². The number of hydrogen-bond donors (Lipinski definition) is 1. The highest BCUT2D eigenvalue weighted by Crippen LogP contribution is 2.30. The van der Waals surface area contributed by atoms with E-state index >= 15 is 0 Å². The van der Waals surface area contributed by atoms with Crippen molar-refractivity contribution in [1.82, 2.24) is 9.80 Å². The third-order valence-electron chi connectivity index (χ3n) is 5.88. The highest BCUT2D eigenvalue weighted by atomic mass is 16.5. The molecule has 0 spiro atoms. The Balaban J connectivity index is 1.56. The molecule has 2 fully saturated rings. The summed E-state index contributed by atoms with van der Waals surface area (Å²) in [5, 5.41) is 10.3. The maximum Gasteiger partial charge on any atom is 0.120 e. The van der Waals surface area contributed by atoms with E-state index in [-0.39, 0.29) is 0 Å². The third kappa shape index (κ3) is 3.71. The summed E-state index contributed by atoms with van der Waals surface area (Å²) in [4.78, 5) is 5.23. The largest absolute Gasteiger partial charge is 0.508 e. The average molecular weight is 352 g/mol. The monoisotopic (exact) mass is 352 g/mol. The van der Waals surface area contributed by atoms with Gasteiger partial charge in [0, 0.05) is 37.3 Å². The fraction of sp³-hybridized carbons (Fsp3) is 0.455. The Labute approximate surface area is 156 Å². The molecule has 0 aliphatic carbocycles. The lowest BCUT2D eigenvalue weighted by molar-refractivity contribution is 0.0450. The second kappa shape index (κ2) is 7.68. The summed E-state index contributed by atoms with van der Waals surface area (Å²) >= 11 is 0. The molecule has 2 aliphatic rings. The number of rotatable bonds is 5. The molecule has 2 atom stereocenters. The molecule has 0 radical (unpaired) electrons. The van der Waals surface area contributed by atoms with Gasteiger partial charge in [0.05, 0.1) is 7.11 Å². The van der Waals surface area contributed by atoms with Gasteiger partial charge in [-0.2, -0.15) is 0 Å². The van der Waals surface area contributed by atoms with Crippen LogP contribution in [0.2, 0.25) is 0 Å². The van der Waals surface area contributed by atoms with Crippen LogP contribution in [-0.4, -0.2) is 53.7 Å². The van der Waals surface area contributed by atoms with Crippen LogP contribution < -0.4 is 4.74 Å². The Bertz CT molecular complexity index is 734. The van der Waals surface area contributed by atoms with Crippen molar-refractivity contribution in [3.05, 3.63) is 59.7 Å². The lowest BCUT2D eigenvalue weighted by atomic mass is 9.99. The number of piperazine rings is 1. The Morgan fingerprint density at radius 2 is 1.96 bits per heavy atom. The van der Waals surface area contributed by atoms with Crippen LogP contribution in [0.4, 0.5) is 0 Å². The normalized spacial score (nSPS) is 23.7. The zero-order valence-corrected chi connectivity index (χ0v) is 15.5. The van der Waals surface area contributed by atoms with Gasteiger partial charge < -0.3 is 9.84 Å². The third-order valence-corrected chi connectivity index (χ3v) is 5.88. The van der Waals surface area contributed by atoms with Crippen LogP contribution in [-0.2, 0) is 13.0 Å². The van der Waals surface area contributed by atoms with Crippen molar-refractivity contribution in [2.24, 2.45) is 0 Å². The first kappa shape index (κ1) is 17.4. The molecular formula is C22H28N2O2. The quantitative estimate of drug-likeness (QED) is 0.896. The summed E-state index contributed by atoms with van der Waals surface area (Å²) in [6.45, 7) is 4.19. The van der Waals surface area contributed by atoms with E-state index in [0.29, 0.717) is 17.8 Å². The fourth-order valence-electron chi connectivity index (χ4n) is 4.46. The van der Waals surface area contributed by atoms with E-state index in [1.54, 1.807) is 13.2 Å². The van der Waals surface area contributed by atoms with Crippen molar-refractivity contribution in [3.8, 4) is 11.5 Å². The van der Waals surface area contributed by atoms with E-state index < -0.39 is 0 Å². The minimum absolute atomic E-state index is 0.359. The second-order valence-corrected chi connectivity index (χ2v) is 7.56. The van der Waals surface area contributed by atoms with Crippen LogP contribution in [0.15, 0.2) is 48.5 Å². The second-order valence-electron chi connectivity index (χ2n) is 7.56. The van der Waals surface area contributed by atoms with E-state index in [9.17, 15) is 5.11 Å². The molecule has 4 nitrogen and oxygen atoms in total. The van der Waals surface area contributed by atoms with E-state index in [1.807, 2.05) is 12.1 Å². The molecule has 2 aromatic carbocycles. The SMILES string of the molecule is COc1ccc(O)c(CN2C[C@@H]3CCCN3C[C@H]2Cc2ccccc2)c1. The van der Waals surface area contributed by atoms with Crippen molar-refractivity contribution in [3.63, 3.8) is 0 Å². The molecule has 4 rings (SSSR count). The average Bonchev–Trinajstić information content (AvgIpc) is 3.12. The topological polar surface area (TPSA) is 35.9 Å². The maximum atomic E-state index is 10.3. The van der Waals surface area contributed by atoms with Gasteiger partial charge in [0.15, 0.2) is 0 Å². The zero-order chi connectivity index (χ0) is 17.9. The van der Waals surface area contributed by atoms with E-state index in [1.165, 1.54) is 24.9 Å². The molecule has 2 saturated heterocycles. The van der Waals surface area contributed by atoms with Gasteiger partial charge in [-0.05, 0) is 49.6 Å². The molecule has 0 saturated carbocycles. The number of phenols is 1. The number of methoxy groups -OCH3 is 1. The number of aromatic hydroxyl groups is 1. The zero-order valence-electron chi connectivity index (χ0n) is 15.5. The molecule has 0 aromatic heterocycles. The summed E-state index contributed by atoms with van der Waals surface area (Å²) < 4.78 is 5.35. The first-order valence-electron chi connectivity index (χ1n) is 9.61. The van der Waals surface area contributed by atoms with Gasteiger partial charge in [0.2, 0.25) is 0 Å². The molecule has 2 aliphatic heterocycles. The number of nitrogens with zero attached hydrogens (tertiary/aromatic N) is 2. The molecule has 2 heterocycles. The van der Waals surface area contributed by atoms with Crippen LogP contribution in [0, 0.1) is 0 Å². The Morgan fingerprint density at radius 1 is 1.12 bits per heavy atom. The summed E-state index contributed by atoms with van der Waals surface area (Å²) in [7, 11) is 1.67. The van der Waals surface area contributed by atoms with Gasteiger partial charge in [-0.25, -0.2) is 0 Å². The van der Waals surface area contributed by atoms with Crippen molar-refractivity contribution < 1.29 is 9.84 Å². The summed E-state index contributed by atoms with van der Waals surface area (Å²) in [5.41, 5.74) is 2.34. The first-order chi connectivity index (χ1) is 12.7. The maximum absolute atomic E-state index is 10.3. The minimum atomic E-state index is 0.359. The van der Waals surface area contributed by atoms with Crippen LogP contribution in [0.25, 0.3) is 0 Å². The van der Waals surface area contributed by atoms with Gasteiger partial charge in [0.1, 0.15) is 11.5 Å². The minimum Gasteiger partial charge on any atom is -0.508 e. The molecule has 1 N–H and O–H groups in total. The van der Waals surface area contributed by atoms with Gasteiger partial charge in [-0.1, -0.05) is 30.3 Å². The van der Waals surface area contributed by atoms with Gasteiger partial charge in [0.25, 0.3) is 0 Å². The molecule has 0 unspecified atom stereocenters. The molecule has 26 heavy (non-hydrogen) atoms. The Morgan fingerprint density at radius 3 is 2.77 bits per heavy atom. The first-order valence-corrected chi connectivity index (χ1v) is 9.61. The fourth-order valence-corrected chi connectivity index (χ4v) is 4.46. The molecule has 0 bridgehead atoms. The van der Waals surface area contributed by atoms with Crippen LogP contribution in [0.5, 0.6) is 11.5 Å². The number of hydrogen-bond acceptors (Lipinski definition) is 4. The standard InChI is InChI=1S/C22H28N2O2/c1-26-21-9-10-22(25)18(13-21)14-24-15-19-8-5-11-23(19)16-20(24)12-17-6-3-2-4-7-17/h2-4,6-7,9-10,13,19-20,25H,5,8,11-12,14-16H2,1H3/t19-,20+/m0/s1. The van der Waals surface area contributed by atoms with Gasteiger partial charge >= 0.3 is 0 Å². The smallest absolute Gasteiger partial charge is 0.120 e.